The molecule has 11 nitrogen and oxygen atoms in total. The highest BCUT2D eigenvalue weighted by Crippen LogP contribution is 2.34. The molecule has 0 unspecified atom stereocenters. The van der Waals surface area contributed by atoms with Crippen molar-refractivity contribution in [1.29, 1.82) is 0 Å². The summed E-state index contributed by atoms with van der Waals surface area (Å²) >= 11 is 12.9. The van der Waals surface area contributed by atoms with Crippen molar-refractivity contribution in [2.45, 2.75) is 11.3 Å². The molecule has 0 fully saturated rings. The van der Waals surface area contributed by atoms with E-state index >= 15 is 0 Å². The fourth-order valence-corrected chi connectivity index (χ4v) is 5.72. The number of carbonyl (C=O) groups excluding carboxylic acids is 1. The second-order valence-electron chi connectivity index (χ2n) is 9.44. The molecule has 0 atom stereocenters. The summed E-state index contributed by atoms with van der Waals surface area (Å²) in [4.78, 5) is 33.7. The van der Waals surface area contributed by atoms with Crippen molar-refractivity contribution in [3.8, 4) is 16.8 Å². The van der Waals surface area contributed by atoms with Gasteiger partial charge in [0.05, 0.1) is 14.9 Å². The van der Waals surface area contributed by atoms with E-state index in [1.165, 1.54) is 4.68 Å². The van der Waals surface area contributed by atoms with Gasteiger partial charge in [-0.25, -0.2) is 23.2 Å². The molecule has 0 aliphatic heterocycles. The Labute approximate surface area is 244 Å². The number of nitrogens with zero attached hydrogens (tertiary/aromatic N) is 4. The molecule has 0 aliphatic carbocycles. The Morgan fingerprint density at radius 2 is 1.68 bits per heavy atom. The van der Waals surface area contributed by atoms with Crippen molar-refractivity contribution >= 4 is 56.0 Å². The van der Waals surface area contributed by atoms with E-state index in [0.29, 0.717) is 17.2 Å². The third-order valence-corrected chi connectivity index (χ3v) is 7.80. The zero-order chi connectivity index (χ0) is 29.6. The number of benzene rings is 3. The maximum absolute atomic E-state index is 13.3. The molecule has 2 aromatic heterocycles. The van der Waals surface area contributed by atoms with Crippen LogP contribution in [0.4, 0.5) is 5.82 Å². The third-order valence-electron chi connectivity index (χ3n) is 6.33. The number of primary amides is 1. The summed E-state index contributed by atoms with van der Waals surface area (Å²) in [5.41, 5.74) is 8.29. The molecule has 0 spiro atoms. The van der Waals surface area contributed by atoms with Crippen LogP contribution in [-0.4, -0.2) is 48.2 Å². The molecule has 210 valence electrons. The first kappa shape index (κ1) is 28.3. The molecule has 2 heterocycles. The van der Waals surface area contributed by atoms with Crippen LogP contribution in [-0.2, 0) is 16.4 Å². The minimum atomic E-state index is -4.07. The van der Waals surface area contributed by atoms with Crippen molar-refractivity contribution < 1.29 is 13.2 Å². The zero-order valence-corrected chi connectivity index (χ0v) is 24.0. The Morgan fingerprint density at radius 1 is 1.02 bits per heavy atom. The average Bonchev–Trinajstić information content (AvgIpc) is 3.28. The molecule has 5 rings (SSSR count). The molecule has 0 bridgehead atoms. The van der Waals surface area contributed by atoms with E-state index in [1.54, 1.807) is 37.2 Å². The highest BCUT2D eigenvalue weighted by atomic mass is 35.5. The quantitative estimate of drug-likeness (QED) is 0.253. The van der Waals surface area contributed by atoms with E-state index in [-0.39, 0.29) is 38.1 Å². The number of primary sulfonamides is 1. The fraction of sp³-hybridized carbons (Fsp3) is 0.111. The number of fused-ring (bicyclic) bond motifs is 1. The average molecular weight is 612 g/mol. The first-order valence-electron chi connectivity index (χ1n) is 12.0. The van der Waals surface area contributed by atoms with Crippen molar-refractivity contribution in [3.05, 3.63) is 98.0 Å². The molecule has 3 aromatic carbocycles. The maximum atomic E-state index is 13.3. The van der Waals surface area contributed by atoms with Gasteiger partial charge in [-0.2, -0.15) is 0 Å². The van der Waals surface area contributed by atoms with Crippen molar-refractivity contribution in [2.24, 2.45) is 10.9 Å². The molecular formula is C27H23Cl2N7O4S. The summed E-state index contributed by atoms with van der Waals surface area (Å²) in [6, 6.07) is 16.9. The lowest BCUT2D eigenvalue weighted by Crippen LogP contribution is -2.16. The topological polar surface area (TPSA) is 170 Å². The van der Waals surface area contributed by atoms with Crippen LogP contribution in [0.5, 0.6) is 0 Å². The Hall–Kier alpha value is -4.23. The number of nitrogens with one attached hydrogen (secondary N) is 1. The van der Waals surface area contributed by atoms with Gasteiger partial charge in [-0.1, -0.05) is 59.6 Å². The van der Waals surface area contributed by atoms with E-state index in [0.717, 1.165) is 28.8 Å². The second-order valence-corrected chi connectivity index (χ2v) is 11.8. The van der Waals surface area contributed by atoms with Crippen LogP contribution < -0.4 is 21.3 Å². The number of aromatic nitrogens is 4. The van der Waals surface area contributed by atoms with Crippen LogP contribution >= 0.6 is 23.2 Å². The van der Waals surface area contributed by atoms with Gasteiger partial charge in [0.1, 0.15) is 16.9 Å². The van der Waals surface area contributed by atoms with Crippen LogP contribution in [0.3, 0.4) is 0 Å². The van der Waals surface area contributed by atoms with Crippen LogP contribution in [0.25, 0.3) is 27.8 Å². The van der Waals surface area contributed by atoms with E-state index in [1.807, 2.05) is 30.3 Å². The maximum Gasteiger partial charge on any atom is 0.264 e. The third kappa shape index (κ3) is 5.55. The Bertz CT molecular complexity index is 1980. The molecule has 5 aromatic rings. The van der Waals surface area contributed by atoms with Crippen LogP contribution in [0.2, 0.25) is 10.0 Å². The van der Waals surface area contributed by atoms with Crippen molar-refractivity contribution in [3.63, 3.8) is 0 Å². The smallest absolute Gasteiger partial charge is 0.264 e. The fourth-order valence-electron chi connectivity index (χ4n) is 4.38. The predicted octanol–water partition coefficient (Wildman–Crippen LogP) is 3.49. The SMILES string of the molecule is CN(C)c1nn(-c2c(Cl)cc(S(N)(=O)=O)cc2Cl)c2nc(Cc3ccc(-c4cccc(C(N)=O)c4)cc3)[nH]c(=O)c12. The summed E-state index contributed by atoms with van der Waals surface area (Å²) in [7, 11) is -0.639. The van der Waals surface area contributed by atoms with E-state index in [4.69, 9.17) is 34.1 Å². The molecule has 0 saturated carbocycles. The Kier molecular flexibility index (Phi) is 7.34. The normalized spacial score (nSPS) is 11.6. The number of amides is 1. The van der Waals surface area contributed by atoms with Gasteiger partial charge in [0.25, 0.3) is 5.56 Å². The van der Waals surface area contributed by atoms with Crippen molar-refractivity contribution in [2.75, 3.05) is 19.0 Å². The second kappa shape index (κ2) is 10.6. The number of hydrogen-bond acceptors (Lipinski definition) is 7. The number of nitrogens with two attached hydrogens (primary N) is 2. The Balaban J connectivity index is 1.57. The number of H-pyrrole nitrogens is 1. The van der Waals surface area contributed by atoms with Gasteiger partial charge in [0, 0.05) is 26.1 Å². The summed E-state index contributed by atoms with van der Waals surface area (Å²) < 4.78 is 25.0. The molecule has 5 N–H and O–H groups in total. The molecule has 0 saturated heterocycles. The highest BCUT2D eigenvalue weighted by molar-refractivity contribution is 7.89. The number of carbonyl (C=O) groups is 1. The molecule has 0 aliphatic rings. The number of sulfonamides is 1. The van der Waals surface area contributed by atoms with Crippen LogP contribution in [0.1, 0.15) is 21.7 Å². The number of rotatable bonds is 7. The summed E-state index contributed by atoms with van der Waals surface area (Å²) in [5.74, 6) is 0.157. The number of anilines is 1. The van der Waals surface area contributed by atoms with Gasteiger partial charge in [0.15, 0.2) is 11.5 Å². The first-order valence-corrected chi connectivity index (χ1v) is 14.3. The number of aromatic amines is 1. The van der Waals surface area contributed by atoms with E-state index in [9.17, 15) is 18.0 Å². The lowest BCUT2D eigenvalue weighted by molar-refractivity contribution is 0.100. The lowest BCUT2D eigenvalue weighted by Gasteiger charge is -2.11. The van der Waals surface area contributed by atoms with Crippen molar-refractivity contribution in [1.82, 2.24) is 19.7 Å². The monoisotopic (exact) mass is 611 g/mol. The lowest BCUT2D eigenvalue weighted by atomic mass is 10.0. The van der Waals surface area contributed by atoms with E-state index < -0.39 is 21.5 Å². The molecule has 0 radical (unpaired) electrons. The summed E-state index contributed by atoms with van der Waals surface area (Å²) in [6.45, 7) is 0. The zero-order valence-electron chi connectivity index (χ0n) is 21.7. The van der Waals surface area contributed by atoms with Gasteiger partial charge < -0.3 is 15.6 Å². The van der Waals surface area contributed by atoms with Gasteiger partial charge in [-0.05, 0) is 41.0 Å². The predicted molar refractivity (Wildman–Crippen MR) is 158 cm³/mol. The Morgan fingerprint density at radius 3 is 2.27 bits per heavy atom. The van der Waals surface area contributed by atoms with Crippen LogP contribution in [0.15, 0.2) is 70.4 Å². The summed E-state index contributed by atoms with van der Waals surface area (Å²) in [6.07, 6.45) is 0.279. The van der Waals surface area contributed by atoms with Gasteiger partial charge >= 0.3 is 0 Å². The molecule has 14 heteroatoms. The van der Waals surface area contributed by atoms with Crippen LogP contribution in [0, 0.1) is 0 Å². The largest absolute Gasteiger partial charge is 0.366 e. The molecular weight excluding hydrogens is 589 g/mol. The number of hydrogen-bond donors (Lipinski definition) is 3. The summed E-state index contributed by atoms with van der Waals surface area (Å²) in [5, 5.41) is 9.87. The number of halogens is 2. The van der Waals surface area contributed by atoms with Gasteiger partial charge in [0.2, 0.25) is 15.9 Å². The highest BCUT2D eigenvalue weighted by Gasteiger charge is 2.24. The minimum absolute atomic E-state index is 0.0455. The first-order chi connectivity index (χ1) is 19.3. The van der Waals surface area contributed by atoms with E-state index in [2.05, 4.69) is 15.1 Å². The minimum Gasteiger partial charge on any atom is -0.366 e. The van der Waals surface area contributed by atoms with Gasteiger partial charge in [-0.3, -0.25) is 9.59 Å². The van der Waals surface area contributed by atoms with Gasteiger partial charge in [-0.15, -0.1) is 5.10 Å². The molecule has 1 amide bonds. The standard InChI is InChI=1S/C27H23Cl2N7O4S/c1-35(2)26-22-25(36(34-26)23-19(28)12-18(13-20(23)29)41(31,39)40)32-21(33-27(22)38)10-14-6-8-15(9-7-14)16-4-3-5-17(11-16)24(30)37/h3-9,11-13H,10H2,1-2H3,(H2,30,37)(H2,31,39,40)(H,32,33,38). The molecule has 41 heavy (non-hydrogen) atoms.